The number of amidine groups is 2. The van der Waals surface area contributed by atoms with Gasteiger partial charge in [-0.15, -0.1) is 22.7 Å². The van der Waals surface area contributed by atoms with E-state index in [4.69, 9.17) is 10.2 Å². The third-order valence-corrected chi connectivity index (χ3v) is 9.96. The summed E-state index contributed by atoms with van der Waals surface area (Å²) in [5.41, 5.74) is 2.79. The maximum atomic E-state index is 13.8. The lowest BCUT2D eigenvalue weighted by Crippen LogP contribution is -2.57. The summed E-state index contributed by atoms with van der Waals surface area (Å²) in [6.45, 7) is 9.80. The van der Waals surface area contributed by atoms with Crippen LogP contribution in [0.2, 0.25) is 0 Å². The second kappa shape index (κ2) is 9.98. The molecule has 1 amide bonds. The molecule has 3 aromatic rings. The number of fused-ring (bicyclic) bond motifs is 2. The number of anilines is 2. The maximum absolute atomic E-state index is 13.8. The molecule has 0 bridgehead atoms. The Morgan fingerprint density at radius 3 is 2.69 bits per heavy atom. The van der Waals surface area contributed by atoms with Crippen LogP contribution in [-0.2, 0) is 0 Å². The predicted molar refractivity (Wildman–Crippen MR) is 154 cm³/mol. The Kier molecular flexibility index (Phi) is 6.62. The van der Waals surface area contributed by atoms with Crippen molar-refractivity contribution < 1.29 is 10.0 Å². The number of hydrogen-bond acceptors (Lipinski definition) is 9. The molecular weight excluding hydrogens is 532 g/mol. The number of amides is 1. The number of aryl methyl sites for hydroxylation is 2. The SMILES string of the molecule is CC(=N/C(C)=N\O)N1CCN(C(=O)c2ccc(Nc3nc(-c4sc(C)nc4C)cs3)nc2)[C@H]2[C@H](C1)CC21CC1. The highest BCUT2D eigenvalue weighted by molar-refractivity contribution is 7.16. The van der Waals surface area contributed by atoms with Crippen molar-refractivity contribution in [2.45, 2.75) is 53.0 Å². The first kappa shape index (κ1) is 25.9. The van der Waals surface area contributed by atoms with Gasteiger partial charge >= 0.3 is 0 Å². The van der Waals surface area contributed by atoms with Crippen LogP contribution >= 0.6 is 22.7 Å². The van der Waals surface area contributed by atoms with Crippen LogP contribution in [0.15, 0.2) is 33.9 Å². The number of rotatable bonds is 4. The predicted octanol–water partition coefficient (Wildman–Crippen LogP) is 5.17. The third kappa shape index (κ3) is 4.91. The Hall–Kier alpha value is -3.38. The Morgan fingerprint density at radius 1 is 1.21 bits per heavy atom. The Balaban J connectivity index is 1.16. The molecule has 0 radical (unpaired) electrons. The quantitative estimate of drug-likeness (QED) is 0.194. The van der Waals surface area contributed by atoms with E-state index in [1.165, 1.54) is 24.2 Å². The summed E-state index contributed by atoms with van der Waals surface area (Å²) >= 11 is 3.17. The van der Waals surface area contributed by atoms with E-state index < -0.39 is 0 Å². The lowest BCUT2D eigenvalue weighted by atomic mass is 9.65. The van der Waals surface area contributed by atoms with Gasteiger partial charge in [0.2, 0.25) is 0 Å². The van der Waals surface area contributed by atoms with Crippen molar-refractivity contribution in [3.63, 3.8) is 0 Å². The molecule has 1 saturated heterocycles. The molecule has 2 atom stereocenters. The third-order valence-electron chi connectivity index (χ3n) is 8.11. The molecule has 1 spiro atoms. The van der Waals surface area contributed by atoms with Crippen LogP contribution in [0.1, 0.15) is 54.2 Å². The van der Waals surface area contributed by atoms with E-state index in [1.54, 1.807) is 24.5 Å². The molecule has 0 unspecified atom stereocenters. The largest absolute Gasteiger partial charge is 0.409 e. The number of aromatic nitrogens is 3. The Bertz CT molecular complexity index is 1460. The van der Waals surface area contributed by atoms with Crippen LogP contribution in [0.25, 0.3) is 10.6 Å². The molecule has 3 aromatic heterocycles. The van der Waals surface area contributed by atoms with Crippen LogP contribution in [0, 0.1) is 25.2 Å². The van der Waals surface area contributed by atoms with E-state index in [0.717, 1.165) is 45.2 Å². The second-order valence-corrected chi connectivity index (χ2v) is 12.8. The normalized spacial score (nSPS) is 22.4. The van der Waals surface area contributed by atoms with E-state index in [1.807, 2.05) is 38.3 Å². The van der Waals surface area contributed by atoms with Crippen molar-refractivity contribution >= 4 is 51.2 Å². The highest BCUT2D eigenvalue weighted by Gasteiger charge is 2.64. The fraction of sp³-hybridized carbons (Fsp3) is 0.481. The molecule has 2 aliphatic carbocycles. The van der Waals surface area contributed by atoms with Crippen LogP contribution in [0.5, 0.6) is 0 Å². The van der Waals surface area contributed by atoms with E-state index in [-0.39, 0.29) is 17.4 Å². The molecule has 2 N–H and O–H groups in total. The molecule has 2 saturated carbocycles. The lowest BCUT2D eigenvalue weighted by Gasteiger charge is -2.50. The fourth-order valence-corrected chi connectivity index (χ4v) is 7.83. The number of carbonyl (C=O) groups excluding carboxylic acids is 1. The number of oxime groups is 1. The molecule has 10 nitrogen and oxygen atoms in total. The maximum Gasteiger partial charge on any atom is 0.255 e. The number of nitrogens with zero attached hydrogens (tertiary/aromatic N) is 7. The number of thiazole rings is 2. The van der Waals surface area contributed by atoms with Crippen molar-refractivity contribution in [1.82, 2.24) is 24.8 Å². The second-order valence-electron chi connectivity index (χ2n) is 10.8. The molecule has 204 valence electrons. The number of hydrogen-bond donors (Lipinski definition) is 2. The summed E-state index contributed by atoms with van der Waals surface area (Å²) in [6.07, 6.45) is 5.20. The first-order chi connectivity index (χ1) is 18.8. The highest BCUT2D eigenvalue weighted by Crippen LogP contribution is 2.65. The first-order valence-corrected chi connectivity index (χ1v) is 14.9. The average Bonchev–Trinajstić information content (AvgIpc) is 3.52. The molecule has 39 heavy (non-hydrogen) atoms. The lowest BCUT2D eigenvalue weighted by molar-refractivity contribution is -0.000884. The van der Waals surface area contributed by atoms with Crippen molar-refractivity contribution in [1.29, 1.82) is 0 Å². The van der Waals surface area contributed by atoms with Crippen LogP contribution in [0.3, 0.4) is 0 Å². The van der Waals surface area contributed by atoms with E-state index >= 15 is 0 Å². The number of carbonyl (C=O) groups is 1. The smallest absolute Gasteiger partial charge is 0.255 e. The minimum absolute atomic E-state index is 0.0344. The van der Waals surface area contributed by atoms with Gasteiger partial charge < -0.3 is 20.3 Å². The zero-order chi connectivity index (χ0) is 27.3. The topological polar surface area (TPSA) is 119 Å². The summed E-state index contributed by atoms with van der Waals surface area (Å²) in [6, 6.07) is 3.95. The summed E-state index contributed by atoms with van der Waals surface area (Å²) in [5.74, 6) is 2.25. The van der Waals surface area contributed by atoms with Gasteiger partial charge in [-0.05, 0) is 70.4 Å². The minimum Gasteiger partial charge on any atom is -0.409 e. The number of pyridine rings is 1. The van der Waals surface area contributed by atoms with Crippen LogP contribution in [0.4, 0.5) is 10.9 Å². The molecule has 12 heteroatoms. The summed E-state index contributed by atoms with van der Waals surface area (Å²) in [4.78, 5) is 37.3. The van der Waals surface area contributed by atoms with E-state index in [2.05, 4.69) is 35.2 Å². The average molecular weight is 565 g/mol. The summed E-state index contributed by atoms with van der Waals surface area (Å²) < 4.78 is 0. The van der Waals surface area contributed by atoms with E-state index in [9.17, 15) is 4.79 Å². The molecule has 0 aromatic carbocycles. The van der Waals surface area contributed by atoms with Gasteiger partial charge in [0.1, 0.15) is 11.7 Å². The number of aliphatic imine (C=N–C) groups is 1. The van der Waals surface area contributed by atoms with Crippen molar-refractivity contribution in [2.24, 2.45) is 21.5 Å². The van der Waals surface area contributed by atoms with Crippen molar-refractivity contribution in [2.75, 3.05) is 25.0 Å². The molecule has 4 heterocycles. The summed E-state index contributed by atoms with van der Waals surface area (Å²) in [5, 5.41) is 19.3. The van der Waals surface area contributed by atoms with Gasteiger partial charge in [-0.2, -0.15) is 0 Å². The van der Waals surface area contributed by atoms with E-state index in [0.29, 0.717) is 36.2 Å². The van der Waals surface area contributed by atoms with Crippen LogP contribution in [-0.4, -0.2) is 73.2 Å². The van der Waals surface area contributed by atoms with Gasteiger partial charge in [-0.3, -0.25) is 4.79 Å². The van der Waals surface area contributed by atoms with Gasteiger partial charge in [-0.1, -0.05) is 5.16 Å². The standard InChI is InChI=1S/C27H32N8O2S2/c1-15-23(39-18(4)29-15)21-14-38-26(31-21)32-22-6-5-19(12-28-22)25(36)35-10-9-34(17(3)30-16(2)33-37)13-20-11-27(7-8-27)24(20)35/h5-6,12,14,20,24,37H,7-11,13H2,1-4H3,(H,28,31,32)/b30-17?,33-16-/t20-,24-/m0/s1. The molecule has 1 aliphatic heterocycles. The molecule has 3 fully saturated rings. The van der Waals surface area contributed by atoms with Gasteiger partial charge in [0, 0.05) is 37.3 Å². The Labute approximate surface area is 235 Å². The van der Waals surface area contributed by atoms with Crippen molar-refractivity contribution in [3.8, 4) is 10.6 Å². The minimum atomic E-state index is 0.0344. The molecule has 6 rings (SSSR count). The van der Waals surface area contributed by atoms with Gasteiger partial charge in [0.15, 0.2) is 11.0 Å². The first-order valence-electron chi connectivity index (χ1n) is 13.2. The highest BCUT2D eigenvalue weighted by atomic mass is 32.1. The van der Waals surface area contributed by atoms with Gasteiger partial charge in [-0.25, -0.2) is 19.9 Å². The summed E-state index contributed by atoms with van der Waals surface area (Å²) in [7, 11) is 0. The van der Waals surface area contributed by atoms with Crippen LogP contribution < -0.4 is 5.32 Å². The fourth-order valence-electron chi connectivity index (χ4n) is 6.17. The van der Waals surface area contributed by atoms with Gasteiger partial charge in [0.05, 0.1) is 26.8 Å². The molecular formula is C27H32N8O2S2. The monoisotopic (exact) mass is 564 g/mol. The zero-order valence-corrected chi connectivity index (χ0v) is 24.1. The number of nitrogens with one attached hydrogen (secondary N) is 1. The van der Waals surface area contributed by atoms with Gasteiger partial charge in [0.25, 0.3) is 5.91 Å². The molecule has 3 aliphatic rings. The van der Waals surface area contributed by atoms with Crippen molar-refractivity contribution in [3.05, 3.63) is 40.0 Å². The Morgan fingerprint density at radius 2 is 2.03 bits per heavy atom. The zero-order valence-electron chi connectivity index (χ0n) is 22.5.